The molecular formula is C25H16N8OS. The Kier molecular flexibility index (Phi) is 4.42. The summed E-state index contributed by atoms with van der Waals surface area (Å²) in [6, 6.07) is 11.6. The fourth-order valence-corrected chi connectivity index (χ4v) is 4.98. The minimum absolute atomic E-state index is 0.673. The van der Waals surface area contributed by atoms with Gasteiger partial charge in [0.25, 0.3) is 0 Å². The first-order chi connectivity index (χ1) is 17.4. The number of H-pyrrole nitrogens is 3. The van der Waals surface area contributed by atoms with Gasteiger partial charge in [0.1, 0.15) is 17.1 Å². The van der Waals surface area contributed by atoms with Crippen molar-refractivity contribution in [3.63, 3.8) is 0 Å². The summed E-state index contributed by atoms with van der Waals surface area (Å²) in [5.41, 5.74) is 6.54. The van der Waals surface area contributed by atoms with E-state index in [4.69, 9.17) is 14.4 Å². The maximum Gasteiger partial charge on any atom is 0.167 e. The van der Waals surface area contributed by atoms with Crippen LogP contribution in [0.5, 0.6) is 0 Å². The molecular weight excluding hydrogens is 460 g/mol. The van der Waals surface area contributed by atoms with Gasteiger partial charge >= 0.3 is 0 Å². The lowest BCUT2D eigenvalue weighted by molar-refractivity contribution is 0.583. The fourth-order valence-electron chi connectivity index (χ4n) is 4.40. The van der Waals surface area contributed by atoms with Crippen LogP contribution in [0.2, 0.25) is 0 Å². The second-order valence-corrected chi connectivity index (χ2v) is 8.64. The van der Waals surface area contributed by atoms with Crippen LogP contribution in [0.15, 0.2) is 83.4 Å². The summed E-state index contributed by atoms with van der Waals surface area (Å²) in [5.74, 6) is 2.04. The molecule has 0 unspecified atom stereocenters. The molecule has 6 aromatic heterocycles. The molecule has 0 aliphatic heterocycles. The Morgan fingerprint density at radius 2 is 1.80 bits per heavy atom. The zero-order valence-corrected chi connectivity index (χ0v) is 18.9. The summed E-state index contributed by atoms with van der Waals surface area (Å²) in [6.45, 7) is 0. The van der Waals surface area contributed by atoms with E-state index in [-0.39, 0.29) is 0 Å². The molecule has 35 heavy (non-hydrogen) atoms. The lowest BCUT2D eigenvalue weighted by Gasteiger charge is -2.17. The number of aromatic nitrogens is 8. The van der Waals surface area contributed by atoms with Crippen molar-refractivity contribution in [2.75, 3.05) is 0 Å². The van der Waals surface area contributed by atoms with Gasteiger partial charge in [0.15, 0.2) is 10.8 Å². The molecule has 0 amide bonds. The first-order valence-corrected chi connectivity index (χ1v) is 11.7. The molecule has 0 aliphatic rings. The number of fused-ring (bicyclic) bond motifs is 1. The van der Waals surface area contributed by atoms with Crippen molar-refractivity contribution in [1.29, 1.82) is 0 Å². The van der Waals surface area contributed by atoms with E-state index >= 15 is 0 Å². The number of furan rings is 1. The summed E-state index contributed by atoms with van der Waals surface area (Å²) < 4.78 is 5.98. The van der Waals surface area contributed by atoms with Crippen molar-refractivity contribution in [2.45, 2.75) is 0 Å². The Balaban J connectivity index is 1.73. The van der Waals surface area contributed by atoms with Crippen LogP contribution in [0.25, 0.3) is 67.1 Å². The zero-order valence-electron chi connectivity index (χ0n) is 18.1. The average Bonchev–Trinajstić information content (AvgIpc) is 3.72. The number of aromatic amines is 3. The third-order valence-electron chi connectivity index (χ3n) is 5.77. The van der Waals surface area contributed by atoms with E-state index in [2.05, 4.69) is 30.1 Å². The summed E-state index contributed by atoms with van der Waals surface area (Å²) in [4.78, 5) is 25.6. The van der Waals surface area contributed by atoms with Gasteiger partial charge in [0, 0.05) is 53.1 Å². The van der Waals surface area contributed by atoms with Gasteiger partial charge in [-0.3, -0.25) is 10.1 Å². The van der Waals surface area contributed by atoms with Gasteiger partial charge in [-0.15, -0.1) is 11.3 Å². The van der Waals surface area contributed by atoms with Gasteiger partial charge in [-0.25, -0.2) is 15.0 Å². The smallest absolute Gasteiger partial charge is 0.167 e. The Morgan fingerprint density at radius 3 is 2.51 bits per heavy atom. The van der Waals surface area contributed by atoms with E-state index in [9.17, 15) is 0 Å². The van der Waals surface area contributed by atoms with E-state index < -0.39 is 0 Å². The highest BCUT2D eigenvalue weighted by atomic mass is 32.1. The number of hydrogen-bond donors (Lipinski definition) is 3. The molecule has 0 radical (unpaired) electrons. The van der Waals surface area contributed by atoms with E-state index in [0.29, 0.717) is 17.4 Å². The van der Waals surface area contributed by atoms with Gasteiger partial charge < -0.3 is 14.4 Å². The molecule has 1 aromatic carbocycles. The van der Waals surface area contributed by atoms with E-state index in [1.165, 1.54) is 11.3 Å². The van der Waals surface area contributed by atoms with Crippen LogP contribution in [-0.2, 0) is 0 Å². The Morgan fingerprint density at radius 1 is 0.800 bits per heavy atom. The molecule has 10 heteroatoms. The van der Waals surface area contributed by atoms with E-state index in [1.54, 1.807) is 37.2 Å². The molecule has 0 spiro atoms. The molecule has 9 nitrogen and oxygen atoms in total. The van der Waals surface area contributed by atoms with Crippen molar-refractivity contribution >= 4 is 22.4 Å². The highest BCUT2D eigenvalue weighted by molar-refractivity contribution is 7.13. The first-order valence-electron chi connectivity index (χ1n) is 10.8. The monoisotopic (exact) mass is 476 g/mol. The highest BCUT2D eigenvalue weighted by Crippen LogP contribution is 2.49. The number of thiazole rings is 1. The van der Waals surface area contributed by atoms with E-state index in [0.717, 1.165) is 49.7 Å². The van der Waals surface area contributed by atoms with Gasteiger partial charge in [-0.2, -0.15) is 5.10 Å². The van der Waals surface area contributed by atoms with Crippen LogP contribution in [-0.4, -0.2) is 40.1 Å². The van der Waals surface area contributed by atoms with Gasteiger partial charge in [0.2, 0.25) is 0 Å². The van der Waals surface area contributed by atoms with Crippen molar-refractivity contribution in [1.82, 2.24) is 40.1 Å². The third kappa shape index (κ3) is 3.11. The van der Waals surface area contributed by atoms with Crippen LogP contribution < -0.4 is 0 Å². The molecule has 168 valence electrons. The van der Waals surface area contributed by atoms with Crippen molar-refractivity contribution in [3.8, 4) is 56.1 Å². The maximum atomic E-state index is 5.98. The number of nitrogens with zero attached hydrogens (tertiary/aromatic N) is 5. The average molecular weight is 477 g/mol. The summed E-state index contributed by atoms with van der Waals surface area (Å²) in [6.07, 6.45) is 10.5. The maximum absolute atomic E-state index is 5.98. The van der Waals surface area contributed by atoms with Crippen molar-refractivity contribution < 1.29 is 4.42 Å². The number of benzene rings is 1. The molecule has 6 heterocycles. The SMILES string of the molecule is c1ccc(-c2c(-c3ccco3)c(-c3ccn[nH]3)c(-c3ncc[nH]3)c3nc(-c4nccs4)[nH]c23)nc1. The predicted octanol–water partition coefficient (Wildman–Crippen LogP) is 5.79. The van der Waals surface area contributed by atoms with E-state index in [1.807, 2.05) is 41.8 Å². The number of pyridine rings is 1. The molecule has 0 saturated carbocycles. The molecule has 0 aliphatic carbocycles. The number of nitrogens with one attached hydrogen (secondary N) is 3. The Labute approximate surface area is 202 Å². The van der Waals surface area contributed by atoms with Gasteiger partial charge in [-0.05, 0) is 30.3 Å². The second-order valence-electron chi connectivity index (χ2n) is 7.75. The molecule has 0 atom stereocenters. The number of hydrogen-bond acceptors (Lipinski definition) is 7. The Bertz CT molecular complexity index is 1720. The lowest BCUT2D eigenvalue weighted by atomic mass is 9.88. The fraction of sp³-hybridized carbons (Fsp3) is 0. The number of rotatable bonds is 5. The predicted molar refractivity (Wildman–Crippen MR) is 133 cm³/mol. The second kappa shape index (κ2) is 7.89. The third-order valence-corrected chi connectivity index (χ3v) is 6.55. The summed E-state index contributed by atoms with van der Waals surface area (Å²) in [7, 11) is 0. The standard InChI is InChI=1S/C25H16N8OS/c1-2-7-26-14(4-1)18-19(16-5-3-12-34-16)17(15-6-8-30-33-15)20(23-27-9-10-28-23)22-21(18)31-24(32-22)25-29-11-13-35-25/h1-13H,(H,27,28)(H,30,33)(H,31,32). The Hall–Kier alpha value is -4.83. The minimum Gasteiger partial charge on any atom is -0.464 e. The number of imidazole rings is 2. The van der Waals surface area contributed by atoms with Crippen LogP contribution in [0.4, 0.5) is 0 Å². The first kappa shape index (κ1) is 19.6. The normalized spacial score (nSPS) is 11.4. The summed E-state index contributed by atoms with van der Waals surface area (Å²) >= 11 is 1.52. The molecule has 0 saturated heterocycles. The quantitative estimate of drug-likeness (QED) is 0.289. The summed E-state index contributed by atoms with van der Waals surface area (Å²) in [5, 5.41) is 10.1. The van der Waals surface area contributed by atoms with Crippen molar-refractivity contribution in [3.05, 3.63) is 79.0 Å². The molecule has 7 rings (SSSR count). The van der Waals surface area contributed by atoms with Crippen molar-refractivity contribution in [2.24, 2.45) is 0 Å². The van der Waals surface area contributed by atoms with Gasteiger partial charge in [-0.1, -0.05) is 6.07 Å². The van der Waals surface area contributed by atoms with Crippen LogP contribution in [0.1, 0.15) is 0 Å². The van der Waals surface area contributed by atoms with Crippen LogP contribution >= 0.6 is 11.3 Å². The molecule has 7 aromatic rings. The lowest BCUT2D eigenvalue weighted by Crippen LogP contribution is -1.98. The zero-order chi connectivity index (χ0) is 23.2. The minimum atomic E-state index is 0.673. The molecule has 0 bridgehead atoms. The van der Waals surface area contributed by atoms with Crippen LogP contribution in [0, 0.1) is 0 Å². The molecule has 0 fully saturated rings. The highest BCUT2D eigenvalue weighted by Gasteiger charge is 2.29. The largest absolute Gasteiger partial charge is 0.464 e. The van der Waals surface area contributed by atoms with Gasteiger partial charge in [0.05, 0.1) is 28.7 Å². The van der Waals surface area contributed by atoms with Crippen LogP contribution in [0.3, 0.4) is 0 Å². The topological polar surface area (TPSA) is 125 Å². The molecule has 3 N–H and O–H groups in total.